The van der Waals surface area contributed by atoms with E-state index in [4.69, 9.17) is 9.47 Å². The fourth-order valence-corrected chi connectivity index (χ4v) is 2.55. The molecule has 0 unspecified atom stereocenters. The Balaban J connectivity index is 2.76. The SMILES string of the molecule is CCOC(=O)CN(C)C(=O)[C@H](CC(C)C)N(C)C(=O)OCc1ccccc1. The molecule has 0 aliphatic rings. The third kappa shape index (κ3) is 7.68. The van der Waals surface area contributed by atoms with Crippen molar-refractivity contribution in [2.75, 3.05) is 27.2 Å². The summed E-state index contributed by atoms with van der Waals surface area (Å²) < 4.78 is 10.2. The minimum Gasteiger partial charge on any atom is -0.465 e. The molecule has 2 amide bonds. The van der Waals surface area contributed by atoms with Crippen LogP contribution in [0.2, 0.25) is 0 Å². The fourth-order valence-electron chi connectivity index (χ4n) is 2.55. The van der Waals surface area contributed by atoms with Crippen LogP contribution in [0, 0.1) is 5.92 Å². The first-order valence-corrected chi connectivity index (χ1v) is 9.10. The van der Waals surface area contributed by atoms with Crippen LogP contribution < -0.4 is 0 Å². The van der Waals surface area contributed by atoms with E-state index in [0.717, 1.165) is 5.56 Å². The van der Waals surface area contributed by atoms with Crippen LogP contribution in [0.3, 0.4) is 0 Å². The van der Waals surface area contributed by atoms with Crippen molar-refractivity contribution in [2.45, 2.75) is 39.8 Å². The lowest BCUT2D eigenvalue weighted by molar-refractivity contribution is -0.149. The Labute approximate surface area is 161 Å². The predicted molar refractivity (Wildman–Crippen MR) is 102 cm³/mol. The molecule has 0 heterocycles. The fraction of sp³-hybridized carbons (Fsp3) is 0.550. The highest BCUT2D eigenvalue weighted by molar-refractivity contribution is 5.88. The molecule has 150 valence electrons. The maximum atomic E-state index is 12.8. The molecular weight excluding hydrogens is 348 g/mol. The highest BCUT2D eigenvalue weighted by atomic mass is 16.6. The summed E-state index contributed by atoms with van der Waals surface area (Å²) in [5.74, 6) is -0.624. The standard InChI is InChI=1S/C20H30N2O5/c1-6-26-18(23)13-21(4)19(24)17(12-15(2)3)22(5)20(25)27-14-16-10-8-7-9-11-16/h7-11,15,17H,6,12-14H2,1-5H3/t17-/m0/s1. The molecule has 1 aromatic rings. The molecule has 1 aromatic carbocycles. The van der Waals surface area contributed by atoms with Gasteiger partial charge in [-0.15, -0.1) is 0 Å². The van der Waals surface area contributed by atoms with Gasteiger partial charge in [-0.1, -0.05) is 44.2 Å². The Bertz CT molecular complexity index is 618. The highest BCUT2D eigenvalue weighted by Gasteiger charge is 2.31. The molecule has 1 atom stereocenters. The Kier molecular flexibility index (Phi) is 9.33. The van der Waals surface area contributed by atoms with E-state index in [0.29, 0.717) is 6.42 Å². The van der Waals surface area contributed by atoms with Gasteiger partial charge in [-0.2, -0.15) is 0 Å². The van der Waals surface area contributed by atoms with Gasteiger partial charge < -0.3 is 14.4 Å². The van der Waals surface area contributed by atoms with Crippen LogP contribution in [0.4, 0.5) is 4.79 Å². The summed E-state index contributed by atoms with van der Waals surface area (Å²) in [6.45, 7) is 5.86. The van der Waals surface area contributed by atoms with Crippen molar-refractivity contribution in [3.8, 4) is 0 Å². The second kappa shape index (κ2) is 11.2. The van der Waals surface area contributed by atoms with E-state index in [1.807, 2.05) is 44.2 Å². The van der Waals surface area contributed by atoms with E-state index in [9.17, 15) is 14.4 Å². The summed E-state index contributed by atoms with van der Waals surface area (Å²) in [4.78, 5) is 39.5. The van der Waals surface area contributed by atoms with Crippen molar-refractivity contribution in [1.29, 1.82) is 0 Å². The third-order valence-electron chi connectivity index (χ3n) is 3.99. The summed E-state index contributed by atoms with van der Waals surface area (Å²) >= 11 is 0. The van der Waals surface area contributed by atoms with Crippen LogP contribution >= 0.6 is 0 Å². The average molecular weight is 378 g/mol. The Hall–Kier alpha value is -2.57. The van der Waals surface area contributed by atoms with E-state index < -0.39 is 18.1 Å². The van der Waals surface area contributed by atoms with Crippen LogP contribution in [0.1, 0.15) is 32.8 Å². The van der Waals surface area contributed by atoms with Gasteiger partial charge in [0.05, 0.1) is 6.61 Å². The molecule has 7 nitrogen and oxygen atoms in total. The molecule has 0 aliphatic carbocycles. The van der Waals surface area contributed by atoms with E-state index >= 15 is 0 Å². The lowest BCUT2D eigenvalue weighted by Gasteiger charge is -2.31. The zero-order chi connectivity index (χ0) is 20.4. The molecule has 0 N–H and O–H groups in total. The zero-order valence-corrected chi connectivity index (χ0v) is 16.8. The van der Waals surface area contributed by atoms with Crippen molar-refractivity contribution < 1.29 is 23.9 Å². The number of esters is 1. The first-order valence-electron chi connectivity index (χ1n) is 9.10. The Morgan fingerprint density at radius 1 is 1.04 bits per heavy atom. The summed E-state index contributed by atoms with van der Waals surface area (Å²) in [5.41, 5.74) is 0.866. The van der Waals surface area contributed by atoms with Crippen molar-refractivity contribution in [1.82, 2.24) is 9.80 Å². The molecule has 0 saturated heterocycles. The van der Waals surface area contributed by atoms with Gasteiger partial charge in [-0.25, -0.2) is 4.79 Å². The number of amides is 2. The largest absolute Gasteiger partial charge is 0.465 e. The van der Waals surface area contributed by atoms with Crippen LogP contribution in [-0.2, 0) is 25.7 Å². The van der Waals surface area contributed by atoms with Crippen molar-refractivity contribution in [2.24, 2.45) is 5.92 Å². The van der Waals surface area contributed by atoms with E-state index in [2.05, 4.69) is 0 Å². The van der Waals surface area contributed by atoms with Crippen LogP contribution in [0.5, 0.6) is 0 Å². The number of carbonyl (C=O) groups excluding carboxylic acids is 3. The zero-order valence-electron chi connectivity index (χ0n) is 16.8. The first kappa shape index (κ1) is 22.5. The molecule has 0 saturated carbocycles. The minimum absolute atomic E-state index is 0.130. The van der Waals surface area contributed by atoms with Crippen molar-refractivity contribution in [3.05, 3.63) is 35.9 Å². The number of hydrogen-bond donors (Lipinski definition) is 0. The maximum Gasteiger partial charge on any atom is 0.410 e. The van der Waals surface area contributed by atoms with Gasteiger partial charge in [0.15, 0.2) is 0 Å². The molecule has 27 heavy (non-hydrogen) atoms. The number of hydrogen-bond acceptors (Lipinski definition) is 5. The summed E-state index contributed by atoms with van der Waals surface area (Å²) in [6.07, 6.45) is -0.120. The van der Waals surface area contributed by atoms with E-state index in [1.54, 1.807) is 6.92 Å². The van der Waals surface area contributed by atoms with Gasteiger partial charge in [0.25, 0.3) is 0 Å². The summed E-state index contributed by atoms with van der Waals surface area (Å²) in [7, 11) is 3.06. The van der Waals surface area contributed by atoms with Gasteiger partial charge in [0.2, 0.25) is 5.91 Å². The molecule has 0 aliphatic heterocycles. The van der Waals surface area contributed by atoms with Crippen molar-refractivity contribution in [3.63, 3.8) is 0 Å². The normalized spacial score (nSPS) is 11.6. The van der Waals surface area contributed by atoms with Gasteiger partial charge in [0.1, 0.15) is 19.2 Å². The lowest BCUT2D eigenvalue weighted by atomic mass is 10.0. The van der Waals surface area contributed by atoms with Crippen LogP contribution in [0.25, 0.3) is 0 Å². The second-order valence-electron chi connectivity index (χ2n) is 6.80. The highest BCUT2D eigenvalue weighted by Crippen LogP contribution is 2.15. The molecule has 0 fully saturated rings. The number of likely N-dealkylation sites (N-methyl/N-ethyl adjacent to an activating group) is 2. The molecule has 0 radical (unpaired) electrons. The average Bonchev–Trinajstić information content (AvgIpc) is 2.63. The number of rotatable bonds is 9. The monoisotopic (exact) mass is 378 g/mol. The number of benzene rings is 1. The number of ether oxygens (including phenoxy) is 2. The van der Waals surface area contributed by atoms with Crippen LogP contribution in [-0.4, -0.2) is 61.1 Å². The van der Waals surface area contributed by atoms with Gasteiger partial charge in [-0.05, 0) is 24.8 Å². The summed E-state index contributed by atoms with van der Waals surface area (Å²) in [5, 5.41) is 0. The predicted octanol–water partition coefficient (Wildman–Crippen LogP) is 2.69. The molecule has 0 bridgehead atoms. The topological polar surface area (TPSA) is 76.2 Å². The first-order chi connectivity index (χ1) is 12.8. The van der Waals surface area contributed by atoms with E-state index in [-0.39, 0.29) is 31.6 Å². The molecule has 1 rings (SSSR count). The smallest absolute Gasteiger partial charge is 0.410 e. The van der Waals surface area contributed by atoms with Crippen molar-refractivity contribution >= 4 is 18.0 Å². The third-order valence-corrected chi connectivity index (χ3v) is 3.99. The van der Waals surface area contributed by atoms with Gasteiger partial charge in [-0.3, -0.25) is 14.5 Å². The lowest BCUT2D eigenvalue weighted by Crippen LogP contribution is -2.50. The van der Waals surface area contributed by atoms with Gasteiger partial charge >= 0.3 is 12.1 Å². The number of carbonyl (C=O) groups is 3. The molecule has 0 spiro atoms. The number of nitrogens with zero attached hydrogens (tertiary/aromatic N) is 2. The molecule has 0 aromatic heterocycles. The molecular formula is C20H30N2O5. The molecule has 7 heteroatoms. The van der Waals surface area contributed by atoms with E-state index in [1.165, 1.54) is 23.9 Å². The minimum atomic E-state index is -0.715. The van der Waals surface area contributed by atoms with Crippen LogP contribution in [0.15, 0.2) is 30.3 Å². The Morgan fingerprint density at radius 2 is 1.67 bits per heavy atom. The quantitative estimate of drug-likeness (QED) is 0.618. The second-order valence-corrected chi connectivity index (χ2v) is 6.80. The Morgan fingerprint density at radius 3 is 2.22 bits per heavy atom. The maximum absolute atomic E-state index is 12.8. The van der Waals surface area contributed by atoms with Gasteiger partial charge in [0, 0.05) is 14.1 Å². The summed E-state index contributed by atoms with van der Waals surface area (Å²) in [6, 6.07) is 8.61.